The van der Waals surface area contributed by atoms with E-state index in [1.165, 1.54) is 0 Å². The van der Waals surface area contributed by atoms with Crippen molar-refractivity contribution >= 4 is 0 Å². The highest BCUT2D eigenvalue weighted by Crippen LogP contribution is 2.27. The normalized spacial score (nSPS) is 17.2. The van der Waals surface area contributed by atoms with Crippen LogP contribution in [-0.2, 0) is 16.1 Å². The number of hydrogen-bond donors (Lipinski definition) is 1. The Balaban J connectivity index is 2.08. The molecular weight excluding hydrogens is 216 g/mol. The fraction of sp³-hybridized carbons (Fsp3) is 0.429. The van der Waals surface area contributed by atoms with E-state index < -0.39 is 6.10 Å². The maximum absolute atomic E-state index is 10.2. The monoisotopic (exact) mass is 234 g/mol. The van der Waals surface area contributed by atoms with Gasteiger partial charge >= 0.3 is 0 Å². The first-order valence-corrected chi connectivity index (χ1v) is 5.87. The van der Waals surface area contributed by atoms with E-state index in [4.69, 9.17) is 9.47 Å². The molecule has 0 aliphatic carbocycles. The van der Waals surface area contributed by atoms with E-state index in [9.17, 15) is 5.11 Å². The summed E-state index contributed by atoms with van der Waals surface area (Å²) >= 11 is 0. The molecular formula is C14H18O3. The molecule has 1 aromatic carbocycles. The van der Waals surface area contributed by atoms with Crippen molar-refractivity contribution in [2.24, 2.45) is 0 Å². The van der Waals surface area contributed by atoms with E-state index in [0.29, 0.717) is 6.61 Å². The van der Waals surface area contributed by atoms with Gasteiger partial charge in [0.15, 0.2) is 0 Å². The van der Waals surface area contributed by atoms with Gasteiger partial charge in [-0.1, -0.05) is 24.3 Å². The van der Waals surface area contributed by atoms with Crippen LogP contribution in [0.2, 0.25) is 0 Å². The summed E-state index contributed by atoms with van der Waals surface area (Å²) in [6.07, 6.45) is 3.02. The third-order valence-electron chi connectivity index (χ3n) is 2.92. The lowest BCUT2D eigenvalue weighted by atomic mass is 9.97. The topological polar surface area (TPSA) is 38.7 Å². The van der Waals surface area contributed by atoms with E-state index in [0.717, 1.165) is 36.1 Å². The molecule has 0 fully saturated rings. The molecule has 0 radical (unpaired) electrons. The number of aliphatic hydroxyl groups is 1. The van der Waals surface area contributed by atoms with Gasteiger partial charge in [0.25, 0.3) is 0 Å². The number of hydrogen-bond acceptors (Lipinski definition) is 3. The highest BCUT2D eigenvalue weighted by atomic mass is 16.5. The van der Waals surface area contributed by atoms with Crippen molar-refractivity contribution in [3.63, 3.8) is 0 Å². The minimum absolute atomic E-state index is 0.549. The Morgan fingerprint density at radius 3 is 2.71 bits per heavy atom. The van der Waals surface area contributed by atoms with Gasteiger partial charge in [0.1, 0.15) is 6.10 Å². The second-order valence-electron chi connectivity index (χ2n) is 4.24. The van der Waals surface area contributed by atoms with Crippen molar-refractivity contribution < 1.29 is 14.6 Å². The molecule has 3 nitrogen and oxygen atoms in total. The van der Waals surface area contributed by atoms with Gasteiger partial charge in [0.2, 0.25) is 0 Å². The Kier molecular flexibility index (Phi) is 4.18. The summed E-state index contributed by atoms with van der Waals surface area (Å²) in [5, 5.41) is 10.2. The lowest BCUT2D eigenvalue weighted by molar-refractivity contribution is 0.170. The molecule has 0 saturated heterocycles. The van der Waals surface area contributed by atoms with Crippen LogP contribution in [0.4, 0.5) is 0 Å². The van der Waals surface area contributed by atoms with Gasteiger partial charge in [-0.05, 0) is 29.5 Å². The third-order valence-corrected chi connectivity index (χ3v) is 2.92. The predicted molar refractivity (Wildman–Crippen MR) is 65.4 cm³/mol. The fourth-order valence-electron chi connectivity index (χ4n) is 1.96. The van der Waals surface area contributed by atoms with Crippen molar-refractivity contribution in [1.29, 1.82) is 0 Å². The third kappa shape index (κ3) is 3.08. The minimum Gasteiger partial charge on any atom is -0.501 e. The van der Waals surface area contributed by atoms with Crippen molar-refractivity contribution in [3.8, 4) is 0 Å². The summed E-state index contributed by atoms with van der Waals surface area (Å²) in [4.78, 5) is 0. The Bertz CT molecular complexity index is 381. The Labute approximate surface area is 102 Å². The van der Waals surface area contributed by atoms with Crippen molar-refractivity contribution in [1.82, 2.24) is 0 Å². The van der Waals surface area contributed by atoms with E-state index in [2.05, 4.69) is 0 Å². The van der Waals surface area contributed by atoms with Crippen LogP contribution in [0.15, 0.2) is 36.1 Å². The standard InChI is InChI=1S/C14H18O3/c1-16-9-11-4-6-12(7-5-11)14(15)13-3-2-8-17-10-13/h4-7,10,14-15H,2-3,8-9H2,1H3. The highest BCUT2D eigenvalue weighted by molar-refractivity contribution is 5.29. The predicted octanol–water partition coefficient (Wildman–Crippen LogP) is 2.56. The Morgan fingerprint density at radius 2 is 2.12 bits per heavy atom. The van der Waals surface area contributed by atoms with E-state index in [1.54, 1.807) is 13.4 Å². The molecule has 0 amide bonds. The molecule has 1 aliphatic rings. The molecule has 1 aromatic rings. The van der Waals surface area contributed by atoms with Gasteiger partial charge < -0.3 is 14.6 Å². The van der Waals surface area contributed by atoms with Crippen LogP contribution in [-0.4, -0.2) is 18.8 Å². The van der Waals surface area contributed by atoms with Gasteiger partial charge in [-0.25, -0.2) is 0 Å². The highest BCUT2D eigenvalue weighted by Gasteiger charge is 2.16. The van der Waals surface area contributed by atoms with Gasteiger partial charge in [-0.2, -0.15) is 0 Å². The second-order valence-corrected chi connectivity index (χ2v) is 4.24. The molecule has 1 N–H and O–H groups in total. The van der Waals surface area contributed by atoms with E-state index in [-0.39, 0.29) is 0 Å². The van der Waals surface area contributed by atoms with Crippen LogP contribution in [0.25, 0.3) is 0 Å². The number of benzene rings is 1. The molecule has 0 bridgehead atoms. The largest absolute Gasteiger partial charge is 0.501 e. The lowest BCUT2D eigenvalue weighted by Gasteiger charge is -2.19. The fourth-order valence-corrected chi connectivity index (χ4v) is 1.96. The first-order chi connectivity index (χ1) is 8.31. The van der Waals surface area contributed by atoms with Crippen LogP contribution < -0.4 is 0 Å². The molecule has 17 heavy (non-hydrogen) atoms. The summed E-state index contributed by atoms with van der Waals surface area (Å²) in [6, 6.07) is 7.83. The Morgan fingerprint density at radius 1 is 1.35 bits per heavy atom. The quantitative estimate of drug-likeness (QED) is 0.870. The summed E-state index contributed by atoms with van der Waals surface area (Å²) in [5.74, 6) is 0. The Hall–Kier alpha value is -1.32. The molecule has 92 valence electrons. The van der Waals surface area contributed by atoms with Crippen molar-refractivity contribution in [2.45, 2.75) is 25.6 Å². The summed E-state index contributed by atoms with van der Waals surface area (Å²) in [7, 11) is 1.67. The van der Waals surface area contributed by atoms with E-state index in [1.807, 2.05) is 24.3 Å². The molecule has 2 rings (SSSR count). The number of ether oxygens (including phenoxy) is 2. The van der Waals surface area contributed by atoms with E-state index >= 15 is 0 Å². The molecule has 3 heteroatoms. The average molecular weight is 234 g/mol. The number of aliphatic hydroxyl groups excluding tert-OH is 1. The molecule has 0 aromatic heterocycles. The maximum atomic E-state index is 10.2. The van der Waals surface area contributed by atoms with Gasteiger partial charge in [0.05, 0.1) is 19.5 Å². The van der Waals surface area contributed by atoms with Gasteiger partial charge in [0, 0.05) is 7.11 Å². The number of methoxy groups -OCH3 is 1. The van der Waals surface area contributed by atoms with Crippen LogP contribution >= 0.6 is 0 Å². The second kappa shape index (κ2) is 5.84. The zero-order valence-corrected chi connectivity index (χ0v) is 10.1. The SMILES string of the molecule is COCc1ccc(C(O)C2=COCCC2)cc1. The van der Waals surface area contributed by atoms with Crippen molar-refractivity contribution in [3.05, 3.63) is 47.2 Å². The van der Waals surface area contributed by atoms with Gasteiger partial charge in [-0.15, -0.1) is 0 Å². The lowest BCUT2D eigenvalue weighted by Crippen LogP contribution is -2.07. The maximum Gasteiger partial charge on any atom is 0.103 e. The van der Waals surface area contributed by atoms with Crippen LogP contribution in [0.1, 0.15) is 30.1 Å². The van der Waals surface area contributed by atoms with Gasteiger partial charge in [-0.3, -0.25) is 0 Å². The van der Waals surface area contributed by atoms with Crippen LogP contribution in [0.3, 0.4) is 0 Å². The summed E-state index contributed by atoms with van der Waals surface area (Å²) in [6.45, 7) is 1.35. The molecule has 1 heterocycles. The smallest absolute Gasteiger partial charge is 0.103 e. The first-order valence-electron chi connectivity index (χ1n) is 5.87. The molecule has 1 aliphatic heterocycles. The van der Waals surface area contributed by atoms with Crippen molar-refractivity contribution in [2.75, 3.05) is 13.7 Å². The van der Waals surface area contributed by atoms with Crippen LogP contribution in [0.5, 0.6) is 0 Å². The zero-order valence-electron chi connectivity index (χ0n) is 10.1. The molecule has 1 unspecified atom stereocenters. The first kappa shape index (κ1) is 12.1. The molecule has 1 atom stereocenters. The minimum atomic E-state index is -0.549. The average Bonchev–Trinajstić information content (AvgIpc) is 2.40. The summed E-state index contributed by atoms with van der Waals surface area (Å²) < 4.78 is 10.3. The number of rotatable bonds is 4. The van der Waals surface area contributed by atoms with Crippen LogP contribution in [0, 0.1) is 0 Å². The zero-order chi connectivity index (χ0) is 12.1. The summed E-state index contributed by atoms with van der Waals surface area (Å²) in [5.41, 5.74) is 2.97. The molecule has 0 spiro atoms. The molecule has 0 saturated carbocycles.